The molecule has 0 unspecified atom stereocenters. The van der Waals surface area contributed by atoms with Crippen LogP contribution >= 0.6 is 11.3 Å². The van der Waals surface area contributed by atoms with Crippen LogP contribution in [-0.4, -0.2) is 122 Å². The molecule has 166 valence electrons. The number of nitrogens with one attached hydrogen (secondary N) is 1. The molecule has 0 aliphatic carbocycles. The van der Waals surface area contributed by atoms with Gasteiger partial charge in [-0.2, -0.15) is 0 Å². The molecular formula is C17H26B8N6O2S. The number of carbonyl (C=O) groups excluding carboxylic acids is 1. The van der Waals surface area contributed by atoms with Gasteiger partial charge in [-0.3, -0.25) is 4.79 Å². The number of ether oxygens (including phenoxy) is 1. The second-order valence-corrected chi connectivity index (χ2v) is 12.2. The van der Waals surface area contributed by atoms with Gasteiger partial charge < -0.3 is 15.0 Å². The number of anilines is 1. The predicted molar refractivity (Wildman–Crippen MR) is 159 cm³/mol. The van der Waals surface area contributed by atoms with Gasteiger partial charge in [-0.1, -0.05) is 11.3 Å². The lowest BCUT2D eigenvalue weighted by Gasteiger charge is -2.68. The summed E-state index contributed by atoms with van der Waals surface area (Å²) in [5.74, 6) is 0.282. The third-order valence-corrected chi connectivity index (χ3v) is 8.62. The number of fused-ring (bicyclic) bond motifs is 1. The molecule has 4 rings (SSSR count). The van der Waals surface area contributed by atoms with Crippen molar-refractivity contribution in [3.63, 3.8) is 0 Å². The van der Waals surface area contributed by atoms with E-state index in [0.29, 0.717) is 5.82 Å². The number of aryl methyl sites for hydroxylation is 1. The van der Waals surface area contributed by atoms with Crippen LogP contribution in [0, 0.1) is 6.92 Å². The Bertz CT molecular complexity index is 1240. The molecule has 0 saturated carbocycles. The molecule has 0 bridgehead atoms. The maximum absolute atomic E-state index is 13.2. The number of carbonyl (C=O) groups is 1. The number of aromatic nitrogens is 4. The zero-order valence-electron chi connectivity index (χ0n) is 21.5. The SMILES string of the molecule is BC1(B)OC(B)(B)C(B)(B)N(CC(=O)Nc2cc3cc(-c4nnc(C)s4)ccc3nn2)C1(B)B. The summed E-state index contributed by atoms with van der Waals surface area (Å²) in [7, 11) is 16.9. The fourth-order valence-electron chi connectivity index (χ4n) is 4.61. The van der Waals surface area contributed by atoms with Gasteiger partial charge in [0.25, 0.3) is 0 Å². The Hall–Kier alpha value is -1.97. The number of rotatable bonds is 4. The fraction of sp³-hybridized carbons (Fsp3) is 0.353. The average molecular weight is 465 g/mol. The summed E-state index contributed by atoms with van der Waals surface area (Å²) in [6.07, 6.45) is 0. The monoisotopic (exact) mass is 466 g/mol. The maximum atomic E-state index is 13.2. The van der Waals surface area contributed by atoms with E-state index in [1.165, 1.54) is 11.3 Å². The molecule has 1 N–H and O–H groups in total. The summed E-state index contributed by atoms with van der Waals surface area (Å²) in [5.41, 5.74) is 1.71. The van der Waals surface area contributed by atoms with Gasteiger partial charge in [0.15, 0.2) is 5.82 Å². The van der Waals surface area contributed by atoms with Crippen molar-refractivity contribution in [3.05, 3.63) is 29.3 Å². The summed E-state index contributed by atoms with van der Waals surface area (Å²) in [6.45, 7) is 2.14. The Morgan fingerprint density at radius 1 is 0.971 bits per heavy atom. The van der Waals surface area contributed by atoms with Crippen LogP contribution in [0.25, 0.3) is 21.5 Å². The zero-order valence-corrected chi connectivity index (χ0v) is 22.3. The fourth-order valence-corrected chi connectivity index (χ4v) is 5.30. The van der Waals surface area contributed by atoms with Crippen LogP contribution in [-0.2, 0) is 9.53 Å². The van der Waals surface area contributed by atoms with E-state index in [1.807, 2.05) is 31.2 Å². The van der Waals surface area contributed by atoms with Crippen LogP contribution in [0.1, 0.15) is 5.01 Å². The highest BCUT2D eigenvalue weighted by atomic mass is 32.1. The van der Waals surface area contributed by atoms with Crippen LogP contribution in [0.2, 0.25) is 0 Å². The van der Waals surface area contributed by atoms with Crippen molar-refractivity contribution < 1.29 is 9.53 Å². The van der Waals surface area contributed by atoms with Gasteiger partial charge in [-0.25, -0.2) is 0 Å². The molecule has 34 heavy (non-hydrogen) atoms. The van der Waals surface area contributed by atoms with E-state index < -0.39 is 10.8 Å². The van der Waals surface area contributed by atoms with E-state index in [2.05, 4.69) is 93.4 Å². The van der Waals surface area contributed by atoms with E-state index in [0.717, 1.165) is 26.5 Å². The quantitative estimate of drug-likeness (QED) is 0.384. The van der Waals surface area contributed by atoms with Crippen LogP contribution in [0.3, 0.4) is 0 Å². The van der Waals surface area contributed by atoms with E-state index in [4.69, 9.17) is 4.74 Å². The number of benzene rings is 1. The van der Waals surface area contributed by atoms with Gasteiger partial charge in [0.2, 0.25) is 5.91 Å². The highest BCUT2D eigenvalue weighted by molar-refractivity contribution is 7.14. The number of hydrogen-bond acceptors (Lipinski definition) is 8. The van der Waals surface area contributed by atoms with Gasteiger partial charge >= 0.3 is 0 Å². The molecule has 3 aromatic rings. The minimum atomic E-state index is -0.450. The normalized spacial score (nSPS) is 20.6. The number of morpholine rings is 1. The first kappa shape index (κ1) is 25.1. The Balaban J connectivity index is 1.58. The first-order valence-corrected chi connectivity index (χ1v) is 12.3. The Kier molecular flexibility index (Phi) is 6.14. The molecule has 0 spiro atoms. The zero-order chi connectivity index (χ0) is 25.1. The summed E-state index contributed by atoms with van der Waals surface area (Å²) in [6, 6.07) is 7.71. The second-order valence-electron chi connectivity index (χ2n) is 11.0. The maximum Gasteiger partial charge on any atom is 0.239 e. The minimum absolute atomic E-state index is 0.140. The summed E-state index contributed by atoms with van der Waals surface area (Å²) >= 11 is 1.54. The largest absolute Gasteiger partial charge is 0.403 e. The third-order valence-electron chi connectivity index (χ3n) is 7.73. The molecule has 1 aromatic carbocycles. The smallest absolute Gasteiger partial charge is 0.239 e. The summed E-state index contributed by atoms with van der Waals surface area (Å²) in [4.78, 5) is 15.5. The average Bonchev–Trinajstić information content (AvgIpc) is 3.16. The standard InChI is InChI=1S/C17H26B8N6O2S/c1-7-27-30-13(34-7)8-2-3-10-9(4-8)5-11(29-28-10)26-12(32)6-31-14(18,19)16(22,23)33-17(24,25)15(31,20)21/h2-5H,6,18-25H2,1H3,(H,26,29,32). The first-order valence-electron chi connectivity index (χ1n) is 11.5. The van der Waals surface area contributed by atoms with E-state index in [1.54, 1.807) is 0 Å². The van der Waals surface area contributed by atoms with Crippen LogP contribution in [0.4, 0.5) is 5.82 Å². The number of amides is 1. The molecule has 1 saturated heterocycles. The molecule has 1 aliphatic heterocycles. The topological polar surface area (TPSA) is 93.1 Å². The van der Waals surface area contributed by atoms with Crippen molar-refractivity contribution >= 4 is 96.7 Å². The lowest BCUT2D eigenvalue weighted by atomic mass is 9.30. The number of hydrogen-bond donors (Lipinski definition) is 1. The van der Waals surface area contributed by atoms with Crippen molar-refractivity contribution in [1.82, 2.24) is 25.3 Å². The van der Waals surface area contributed by atoms with Crippen molar-refractivity contribution in [2.75, 3.05) is 11.9 Å². The predicted octanol–water partition coefficient (Wildman–Crippen LogP) is -6.59. The van der Waals surface area contributed by atoms with Gasteiger partial charge in [0, 0.05) is 21.7 Å². The molecule has 17 heteroatoms. The highest BCUT2D eigenvalue weighted by Gasteiger charge is 2.58. The van der Waals surface area contributed by atoms with Crippen LogP contribution in [0.5, 0.6) is 0 Å². The molecule has 1 fully saturated rings. The van der Waals surface area contributed by atoms with Crippen molar-refractivity contribution in [2.45, 2.75) is 28.4 Å². The Labute approximate surface area is 211 Å². The molecule has 0 radical (unpaired) electrons. The van der Waals surface area contributed by atoms with Gasteiger partial charge in [-0.15, -0.1) is 20.4 Å². The Morgan fingerprint density at radius 3 is 2.21 bits per heavy atom. The highest BCUT2D eigenvalue weighted by Crippen LogP contribution is 2.39. The number of nitrogens with zero attached hydrogens (tertiary/aromatic N) is 5. The first-order chi connectivity index (χ1) is 15.6. The van der Waals surface area contributed by atoms with Gasteiger partial charge in [0.1, 0.15) is 72.8 Å². The minimum Gasteiger partial charge on any atom is -0.403 e. The molecule has 0 atom stereocenters. The van der Waals surface area contributed by atoms with Gasteiger partial charge in [0.05, 0.1) is 12.1 Å². The Morgan fingerprint density at radius 2 is 1.62 bits per heavy atom. The lowest BCUT2D eigenvalue weighted by Crippen LogP contribution is -2.86. The van der Waals surface area contributed by atoms with E-state index in [9.17, 15) is 4.79 Å². The lowest BCUT2D eigenvalue weighted by molar-refractivity contribution is -0.131. The van der Waals surface area contributed by atoms with Crippen molar-refractivity contribution in [2.24, 2.45) is 0 Å². The molecule has 2 aromatic heterocycles. The molecule has 1 amide bonds. The third kappa shape index (κ3) is 4.26. The van der Waals surface area contributed by atoms with E-state index in [-0.39, 0.29) is 23.1 Å². The summed E-state index contributed by atoms with van der Waals surface area (Å²) < 4.78 is 6.51. The summed E-state index contributed by atoms with van der Waals surface area (Å²) in [5, 5.41) is 20.8. The van der Waals surface area contributed by atoms with Crippen LogP contribution in [0.15, 0.2) is 24.3 Å². The molecule has 3 heterocycles. The van der Waals surface area contributed by atoms with Crippen molar-refractivity contribution in [3.8, 4) is 10.6 Å². The molecule has 8 nitrogen and oxygen atoms in total. The second kappa shape index (κ2) is 8.31. The molecule has 1 aliphatic rings. The van der Waals surface area contributed by atoms with E-state index >= 15 is 0 Å². The van der Waals surface area contributed by atoms with Crippen LogP contribution < -0.4 is 5.32 Å². The van der Waals surface area contributed by atoms with Gasteiger partial charge in [-0.05, 0) is 41.9 Å². The molecular weight excluding hydrogens is 439 g/mol. The van der Waals surface area contributed by atoms with Crippen molar-refractivity contribution in [1.29, 1.82) is 0 Å².